The fourth-order valence-corrected chi connectivity index (χ4v) is 3.28. The molecule has 1 aliphatic rings. The number of halogens is 2. The third-order valence-electron chi connectivity index (χ3n) is 4.77. The number of hydrogen-bond acceptors (Lipinski definition) is 2. The zero-order chi connectivity index (χ0) is 18.8. The molecule has 2 aromatic carbocycles. The van der Waals surface area contributed by atoms with E-state index in [9.17, 15) is 9.59 Å². The van der Waals surface area contributed by atoms with Gasteiger partial charge in [0.2, 0.25) is 0 Å². The Balaban J connectivity index is 1.64. The Bertz CT molecular complexity index is 787. The summed E-state index contributed by atoms with van der Waals surface area (Å²) in [5.74, 6) is -0.0865. The Labute approximate surface area is 163 Å². The Hall–Kier alpha value is -2.04. The Kier molecular flexibility index (Phi) is 5.54. The van der Waals surface area contributed by atoms with E-state index < -0.39 is 0 Å². The molecule has 0 atom stereocenters. The molecule has 0 saturated carbocycles. The van der Waals surface area contributed by atoms with Crippen molar-refractivity contribution in [3.05, 3.63) is 68.7 Å². The fourth-order valence-electron chi connectivity index (χ4n) is 2.98. The van der Waals surface area contributed by atoms with Crippen LogP contribution in [0.4, 0.5) is 0 Å². The predicted octanol–water partition coefficient (Wildman–Crippen LogP) is 4.21. The van der Waals surface area contributed by atoms with Gasteiger partial charge >= 0.3 is 0 Å². The average Bonchev–Trinajstić information content (AvgIpc) is 2.65. The lowest BCUT2D eigenvalue weighted by Gasteiger charge is -2.35. The number of rotatable bonds is 2. The summed E-state index contributed by atoms with van der Waals surface area (Å²) in [6.07, 6.45) is 0. The van der Waals surface area contributed by atoms with Gasteiger partial charge in [-0.2, -0.15) is 0 Å². The van der Waals surface area contributed by atoms with Gasteiger partial charge in [0.05, 0.1) is 10.0 Å². The highest BCUT2D eigenvalue weighted by atomic mass is 35.5. The normalized spacial score (nSPS) is 14.5. The highest BCUT2D eigenvalue weighted by molar-refractivity contribution is 6.42. The van der Waals surface area contributed by atoms with Crippen molar-refractivity contribution in [1.29, 1.82) is 0 Å². The van der Waals surface area contributed by atoms with Crippen molar-refractivity contribution in [3.63, 3.8) is 0 Å². The molecule has 1 fully saturated rings. The summed E-state index contributed by atoms with van der Waals surface area (Å²) in [6, 6.07) is 10.6. The van der Waals surface area contributed by atoms with Crippen LogP contribution in [0.3, 0.4) is 0 Å². The SMILES string of the molecule is Cc1ccc(C(=O)N2CCN(C(=O)c3ccc(Cl)c(Cl)c3)CC2)cc1C. The monoisotopic (exact) mass is 390 g/mol. The predicted molar refractivity (Wildman–Crippen MR) is 104 cm³/mol. The van der Waals surface area contributed by atoms with Gasteiger partial charge in [-0.1, -0.05) is 29.3 Å². The molecule has 0 N–H and O–H groups in total. The maximum atomic E-state index is 12.7. The lowest BCUT2D eigenvalue weighted by Crippen LogP contribution is -2.50. The maximum Gasteiger partial charge on any atom is 0.254 e. The van der Waals surface area contributed by atoms with E-state index in [4.69, 9.17) is 23.2 Å². The van der Waals surface area contributed by atoms with Crippen molar-refractivity contribution < 1.29 is 9.59 Å². The molecule has 0 unspecified atom stereocenters. The molecule has 0 radical (unpaired) electrons. The topological polar surface area (TPSA) is 40.6 Å². The minimum atomic E-state index is -0.0955. The number of piperazine rings is 1. The maximum absolute atomic E-state index is 12.7. The van der Waals surface area contributed by atoms with E-state index in [1.165, 1.54) is 5.56 Å². The zero-order valence-electron chi connectivity index (χ0n) is 14.8. The molecular formula is C20H20Cl2N2O2. The second-order valence-corrected chi connectivity index (χ2v) is 7.33. The van der Waals surface area contributed by atoms with E-state index in [2.05, 4.69) is 0 Å². The quantitative estimate of drug-likeness (QED) is 0.770. The highest BCUT2D eigenvalue weighted by Crippen LogP contribution is 2.23. The van der Waals surface area contributed by atoms with Crippen molar-refractivity contribution in [3.8, 4) is 0 Å². The third kappa shape index (κ3) is 3.87. The second-order valence-electron chi connectivity index (χ2n) is 6.51. The third-order valence-corrected chi connectivity index (χ3v) is 5.51. The standard InChI is InChI=1S/C20H20Cl2N2O2/c1-13-3-4-15(11-14(13)2)19(25)23-7-9-24(10-8-23)20(26)16-5-6-17(21)18(22)12-16/h3-6,11-12H,7-10H2,1-2H3. The molecule has 4 nitrogen and oxygen atoms in total. The minimum Gasteiger partial charge on any atom is -0.335 e. The van der Waals surface area contributed by atoms with Crippen LogP contribution in [-0.4, -0.2) is 47.8 Å². The number of hydrogen-bond donors (Lipinski definition) is 0. The van der Waals surface area contributed by atoms with Gasteiger partial charge in [0.25, 0.3) is 11.8 Å². The molecule has 0 aromatic heterocycles. The number of carbonyl (C=O) groups is 2. The summed E-state index contributed by atoms with van der Waals surface area (Å²) in [4.78, 5) is 28.8. The van der Waals surface area contributed by atoms with E-state index in [0.717, 1.165) is 5.56 Å². The molecule has 1 saturated heterocycles. The molecule has 2 amide bonds. The van der Waals surface area contributed by atoms with Crippen molar-refractivity contribution >= 4 is 35.0 Å². The van der Waals surface area contributed by atoms with Crippen LogP contribution in [-0.2, 0) is 0 Å². The molecule has 26 heavy (non-hydrogen) atoms. The van der Waals surface area contributed by atoms with E-state index in [1.807, 2.05) is 32.0 Å². The van der Waals surface area contributed by atoms with E-state index >= 15 is 0 Å². The van der Waals surface area contributed by atoms with Crippen molar-refractivity contribution in [2.75, 3.05) is 26.2 Å². The van der Waals surface area contributed by atoms with Crippen molar-refractivity contribution in [1.82, 2.24) is 9.80 Å². The first kappa shape index (κ1) is 18.7. The van der Waals surface area contributed by atoms with Crippen LogP contribution in [0.25, 0.3) is 0 Å². The number of aryl methyl sites for hydroxylation is 2. The van der Waals surface area contributed by atoms with Crippen molar-refractivity contribution in [2.45, 2.75) is 13.8 Å². The van der Waals surface area contributed by atoms with Crippen LogP contribution in [0.2, 0.25) is 10.0 Å². The summed E-state index contributed by atoms with van der Waals surface area (Å²) in [5.41, 5.74) is 3.47. The summed E-state index contributed by atoms with van der Waals surface area (Å²) in [5, 5.41) is 0.785. The molecule has 1 heterocycles. The van der Waals surface area contributed by atoms with Crippen molar-refractivity contribution in [2.24, 2.45) is 0 Å². The molecule has 136 valence electrons. The van der Waals surface area contributed by atoms with Crippen LogP contribution < -0.4 is 0 Å². The number of benzene rings is 2. The number of amides is 2. The summed E-state index contributed by atoms with van der Waals surface area (Å²) in [7, 11) is 0. The largest absolute Gasteiger partial charge is 0.335 e. The van der Waals surface area contributed by atoms with Crippen LogP contribution >= 0.6 is 23.2 Å². The lowest BCUT2D eigenvalue weighted by atomic mass is 10.1. The number of carbonyl (C=O) groups excluding carboxylic acids is 2. The van der Waals surface area contributed by atoms with Gasteiger partial charge in [0, 0.05) is 37.3 Å². The van der Waals surface area contributed by atoms with Gasteiger partial charge in [-0.05, 0) is 55.3 Å². The molecule has 0 aliphatic carbocycles. The first-order valence-electron chi connectivity index (χ1n) is 8.47. The Morgan fingerprint density at radius 1 is 0.731 bits per heavy atom. The second kappa shape index (κ2) is 7.68. The van der Waals surface area contributed by atoms with Gasteiger partial charge < -0.3 is 9.80 Å². The summed E-state index contributed by atoms with van der Waals surface area (Å²) >= 11 is 11.9. The molecular weight excluding hydrogens is 371 g/mol. The summed E-state index contributed by atoms with van der Waals surface area (Å²) in [6.45, 7) is 6.04. The van der Waals surface area contributed by atoms with E-state index in [1.54, 1.807) is 28.0 Å². The molecule has 6 heteroatoms. The van der Waals surface area contributed by atoms with Gasteiger partial charge in [0.15, 0.2) is 0 Å². The lowest BCUT2D eigenvalue weighted by molar-refractivity contribution is 0.0535. The van der Waals surface area contributed by atoms with E-state index in [0.29, 0.717) is 47.4 Å². The zero-order valence-corrected chi connectivity index (χ0v) is 16.3. The Morgan fingerprint density at radius 3 is 1.73 bits per heavy atom. The van der Waals surface area contributed by atoms with Gasteiger partial charge in [-0.3, -0.25) is 9.59 Å². The fraction of sp³-hybridized carbons (Fsp3) is 0.300. The molecule has 0 spiro atoms. The van der Waals surface area contributed by atoms with Crippen LogP contribution in [0.5, 0.6) is 0 Å². The van der Waals surface area contributed by atoms with Crippen LogP contribution in [0, 0.1) is 13.8 Å². The minimum absolute atomic E-state index is 0.00902. The first-order valence-corrected chi connectivity index (χ1v) is 9.23. The smallest absolute Gasteiger partial charge is 0.254 e. The summed E-state index contributed by atoms with van der Waals surface area (Å²) < 4.78 is 0. The molecule has 2 aromatic rings. The highest BCUT2D eigenvalue weighted by Gasteiger charge is 2.25. The van der Waals surface area contributed by atoms with Crippen LogP contribution in [0.15, 0.2) is 36.4 Å². The first-order chi connectivity index (χ1) is 12.4. The van der Waals surface area contributed by atoms with Gasteiger partial charge in [-0.15, -0.1) is 0 Å². The molecule has 1 aliphatic heterocycles. The van der Waals surface area contributed by atoms with E-state index in [-0.39, 0.29) is 11.8 Å². The Morgan fingerprint density at radius 2 is 1.23 bits per heavy atom. The number of nitrogens with zero attached hydrogens (tertiary/aromatic N) is 2. The molecule has 0 bridgehead atoms. The van der Waals surface area contributed by atoms with Gasteiger partial charge in [0.1, 0.15) is 0 Å². The average molecular weight is 391 g/mol. The van der Waals surface area contributed by atoms with Crippen LogP contribution in [0.1, 0.15) is 31.8 Å². The van der Waals surface area contributed by atoms with Gasteiger partial charge in [-0.25, -0.2) is 0 Å². The molecule has 3 rings (SSSR count).